The molecule has 1 N–H and O–H groups in total. The van der Waals surface area contributed by atoms with Crippen LogP contribution in [0.25, 0.3) is 11.3 Å². The average Bonchev–Trinajstić information content (AvgIpc) is 2.69. The number of carbonyl (C=O) groups is 1. The lowest BCUT2D eigenvalue weighted by Crippen LogP contribution is -2.33. The van der Waals surface area contributed by atoms with E-state index in [1.165, 1.54) is 16.3 Å². The van der Waals surface area contributed by atoms with Crippen molar-refractivity contribution in [3.63, 3.8) is 0 Å². The van der Waals surface area contributed by atoms with Gasteiger partial charge in [0.1, 0.15) is 6.54 Å². The maximum atomic E-state index is 12.1. The summed E-state index contributed by atoms with van der Waals surface area (Å²) in [5, 5.41) is 7.07. The molecule has 3 aromatic rings. The van der Waals surface area contributed by atoms with Crippen LogP contribution in [0.5, 0.6) is 0 Å². The quantitative estimate of drug-likeness (QED) is 0.741. The first-order chi connectivity index (χ1) is 12.7. The van der Waals surface area contributed by atoms with E-state index >= 15 is 0 Å². The van der Waals surface area contributed by atoms with E-state index in [9.17, 15) is 9.59 Å². The Kier molecular flexibility index (Phi) is 5.53. The lowest BCUT2D eigenvalue weighted by molar-refractivity contribution is -0.122. The molecule has 2 aromatic heterocycles. The van der Waals surface area contributed by atoms with E-state index in [1.54, 1.807) is 12.3 Å². The molecule has 0 unspecified atom stereocenters. The fourth-order valence-corrected chi connectivity index (χ4v) is 2.51. The van der Waals surface area contributed by atoms with Crippen LogP contribution in [0.4, 0.5) is 0 Å². The predicted octanol–water partition coefficient (Wildman–Crippen LogP) is 2.18. The zero-order valence-corrected chi connectivity index (χ0v) is 14.6. The van der Waals surface area contributed by atoms with Crippen molar-refractivity contribution in [1.82, 2.24) is 20.1 Å². The molecular formula is C20H20N4O2. The van der Waals surface area contributed by atoms with Gasteiger partial charge in [-0.1, -0.05) is 37.3 Å². The number of nitrogens with zero attached hydrogens (tertiary/aromatic N) is 3. The van der Waals surface area contributed by atoms with E-state index < -0.39 is 0 Å². The molecule has 0 spiro atoms. The number of rotatable bonds is 6. The molecule has 0 aliphatic heterocycles. The molecule has 26 heavy (non-hydrogen) atoms. The van der Waals surface area contributed by atoms with E-state index in [1.807, 2.05) is 42.5 Å². The molecule has 1 amide bonds. The van der Waals surface area contributed by atoms with Crippen molar-refractivity contribution < 1.29 is 4.79 Å². The molecule has 0 atom stereocenters. The van der Waals surface area contributed by atoms with Gasteiger partial charge in [-0.15, -0.1) is 0 Å². The summed E-state index contributed by atoms with van der Waals surface area (Å²) in [5.41, 5.74) is 3.24. The number of hydrogen-bond acceptors (Lipinski definition) is 4. The number of amides is 1. The SMILES string of the molecule is CCc1ccc(-c2ccc(=O)n(CC(=O)NCc3ccccn3)n2)cc1. The van der Waals surface area contributed by atoms with E-state index in [0.717, 1.165) is 17.7 Å². The first kappa shape index (κ1) is 17.5. The fraction of sp³-hybridized carbons (Fsp3) is 0.200. The molecule has 1 aromatic carbocycles. The highest BCUT2D eigenvalue weighted by Gasteiger charge is 2.08. The van der Waals surface area contributed by atoms with E-state index in [4.69, 9.17) is 0 Å². The maximum Gasteiger partial charge on any atom is 0.267 e. The Hall–Kier alpha value is -3.28. The molecule has 0 bridgehead atoms. The lowest BCUT2D eigenvalue weighted by atomic mass is 10.1. The molecule has 3 rings (SSSR count). The minimum Gasteiger partial charge on any atom is -0.349 e. The molecule has 6 heteroatoms. The van der Waals surface area contributed by atoms with Gasteiger partial charge in [-0.05, 0) is 30.2 Å². The monoisotopic (exact) mass is 348 g/mol. The highest BCUT2D eigenvalue weighted by atomic mass is 16.2. The Morgan fingerprint density at radius 2 is 1.88 bits per heavy atom. The normalized spacial score (nSPS) is 10.5. The Morgan fingerprint density at radius 3 is 2.58 bits per heavy atom. The van der Waals surface area contributed by atoms with Crippen LogP contribution in [-0.2, 0) is 24.3 Å². The van der Waals surface area contributed by atoms with Crippen molar-refractivity contribution in [2.45, 2.75) is 26.4 Å². The Balaban J connectivity index is 1.71. The Morgan fingerprint density at radius 1 is 1.08 bits per heavy atom. The van der Waals surface area contributed by atoms with Crippen LogP contribution in [0, 0.1) is 0 Å². The second-order valence-corrected chi connectivity index (χ2v) is 5.86. The third-order valence-electron chi connectivity index (χ3n) is 4.01. The van der Waals surface area contributed by atoms with E-state index in [-0.39, 0.29) is 18.0 Å². The first-order valence-electron chi connectivity index (χ1n) is 8.50. The highest BCUT2D eigenvalue weighted by Crippen LogP contribution is 2.16. The van der Waals surface area contributed by atoms with E-state index in [0.29, 0.717) is 12.2 Å². The van der Waals surface area contributed by atoms with Gasteiger partial charge in [0.05, 0.1) is 17.9 Å². The summed E-state index contributed by atoms with van der Waals surface area (Å²) < 4.78 is 1.18. The number of benzene rings is 1. The van der Waals surface area contributed by atoms with Gasteiger partial charge in [-0.25, -0.2) is 4.68 Å². The molecule has 0 aliphatic rings. The molecule has 0 aliphatic carbocycles. The largest absolute Gasteiger partial charge is 0.349 e. The summed E-state index contributed by atoms with van der Waals surface area (Å²) >= 11 is 0. The number of carbonyl (C=O) groups excluding carboxylic acids is 1. The number of aryl methyl sites for hydroxylation is 1. The van der Waals surface area contributed by atoms with Gasteiger partial charge in [0.15, 0.2) is 0 Å². The van der Waals surface area contributed by atoms with Crippen molar-refractivity contribution in [3.05, 3.63) is 82.4 Å². The van der Waals surface area contributed by atoms with Crippen molar-refractivity contribution >= 4 is 5.91 Å². The molecule has 0 fully saturated rings. The molecule has 0 saturated heterocycles. The van der Waals surface area contributed by atoms with Crippen molar-refractivity contribution in [1.29, 1.82) is 0 Å². The molecule has 2 heterocycles. The molecule has 0 radical (unpaired) electrons. The summed E-state index contributed by atoms with van der Waals surface area (Å²) in [7, 11) is 0. The third kappa shape index (κ3) is 4.42. The minimum absolute atomic E-state index is 0.132. The molecule has 6 nitrogen and oxygen atoms in total. The zero-order chi connectivity index (χ0) is 18.4. The Labute approximate surface area is 151 Å². The molecule has 0 saturated carbocycles. The zero-order valence-electron chi connectivity index (χ0n) is 14.6. The average molecular weight is 348 g/mol. The summed E-state index contributed by atoms with van der Waals surface area (Å²) in [4.78, 5) is 28.3. The predicted molar refractivity (Wildman–Crippen MR) is 99.4 cm³/mol. The number of aromatic nitrogens is 3. The molecular weight excluding hydrogens is 328 g/mol. The highest BCUT2D eigenvalue weighted by molar-refractivity contribution is 5.75. The summed E-state index contributed by atoms with van der Waals surface area (Å²) in [5.74, 6) is -0.288. The van der Waals surface area contributed by atoms with E-state index in [2.05, 4.69) is 22.3 Å². The van der Waals surface area contributed by atoms with Crippen LogP contribution in [0.3, 0.4) is 0 Å². The lowest BCUT2D eigenvalue weighted by Gasteiger charge is -2.08. The smallest absolute Gasteiger partial charge is 0.267 e. The number of pyridine rings is 1. The first-order valence-corrected chi connectivity index (χ1v) is 8.50. The van der Waals surface area contributed by atoms with Crippen LogP contribution < -0.4 is 10.9 Å². The summed E-state index contributed by atoms with van der Waals surface area (Å²) in [6.07, 6.45) is 2.63. The molecule has 132 valence electrons. The van der Waals surface area contributed by atoms with Crippen LogP contribution in [-0.4, -0.2) is 20.7 Å². The van der Waals surface area contributed by atoms with Gasteiger partial charge >= 0.3 is 0 Å². The fourth-order valence-electron chi connectivity index (χ4n) is 2.51. The van der Waals surface area contributed by atoms with Gasteiger partial charge in [0, 0.05) is 17.8 Å². The standard InChI is InChI=1S/C20H20N4O2/c1-2-15-6-8-16(9-7-15)18-10-11-20(26)24(23-18)14-19(25)22-13-17-5-3-4-12-21-17/h3-12H,2,13-14H2,1H3,(H,22,25). The number of hydrogen-bond donors (Lipinski definition) is 1. The second kappa shape index (κ2) is 8.20. The van der Waals surface area contributed by atoms with Crippen LogP contribution in [0.15, 0.2) is 65.6 Å². The minimum atomic E-state index is -0.313. The topological polar surface area (TPSA) is 76.9 Å². The maximum absolute atomic E-state index is 12.1. The second-order valence-electron chi connectivity index (χ2n) is 5.86. The summed E-state index contributed by atoms with van der Waals surface area (Å²) in [6.45, 7) is 2.27. The summed E-state index contributed by atoms with van der Waals surface area (Å²) in [6, 6.07) is 16.6. The van der Waals surface area contributed by atoms with Crippen molar-refractivity contribution in [2.24, 2.45) is 0 Å². The van der Waals surface area contributed by atoms with Gasteiger partial charge in [-0.2, -0.15) is 5.10 Å². The Bertz CT molecular complexity index is 934. The van der Waals surface area contributed by atoms with Gasteiger partial charge in [-0.3, -0.25) is 14.6 Å². The third-order valence-corrected chi connectivity index (χ3v) is 4.01. The van der Waals surface area contributed by atoms with Gasteiger partial charge in [0.2, 0.25) is 5.91 Å². The van der Waals surface area contributed by atoms with Crippen molar-refractivity contribution in [3.8, 4) is 11.3 Å². The van der Waals surface area contributed by atoms with Gasteiger partial charge < -0.3 is 5.32 Å². The number of nitrogens with one attached hydrogen (secondary N) is 1. The van der Waals surface area contributed by atoms with Crippen LogP contribution >= 0.6 is 0 Å². The van der Waals surface area contributed by atoms with Crippen molar-refractivity contribution in [2.75, 3.05) is 0 Å². The van der Waals surface area contributed by atoms with Crippen LogP contribution in [0.1, 0.15) is 18.2 Å². The van der Waals surface area contributed by atoms with Gasteiger partial charge in [0.25, 0.3) is 5.56 Å². The van der Waals surface area contributed by atoms with Crippen LogP contribution in [0.2, 0.25) is 0 Å².